The van der Waals surface area contributed by atoms with Crippen LogP contribution in [-0.2, 0) is 6.54 Å². The maximum absolute atomic E-state index is 8.80. The van der Waals surface area contributed by atoms with E-state index in [1.54, 1.807) is 0 Å². The lowest BCUT2D eigenvalue weighted by Gasteiger charge is -2.10. The van der Waals surface area contributed by atoms with Crippen molar-refractivity contribution in [2.45, 2.75) is 26.3 Å². The van der Waals surface area contributed by atoms with Crippen LogP contribution >= 0.6 is 15.9 Å². The van der Waals surface area contributed by atoms with Gasteiger partial charge in [0.25, 0.3) is 0 Å². The molecular weight excluding hydrogens is 240 g/mol. The zero-order valence-corrected chi connectivity index (χ0v) is 10.00. The van der Waals surface area contributed by atoms with Crippen molar-refractivity contribution >= 4 is 15.9 Å². The van der Waals surface area contributed by atoms with E-state index >= 15 is 0 Å². The number of halogens is 1. The molecule has 0 N–H and O–H groups in total. The van der Waals surface area contributed by atoms with E-state index in [0.717, 1.165) is 24.0 Å². The Hall–Kier alpha value is -0.750. The number of hydrogen-bond donors (Lipinski definition) is 0. The van der Waals surface area contributed by atoms with Crippen LogP contribution < -0.4 is 0 Å². The molecule has 1 aromatic rings. The van der Waals surface area contributed by atoms with Gasteiger partial charge >= 0.3 is 0 Å². The Bertz CT molecular complexity index is 311. The quantitative estimate of drug-likeness (QED) is 0.743. The molecule has 0 saturated heterocycles. The fourth-order valence-corrected chi connectivity index (χ4v) is 2.18. The first kappa shape index (κ1) is 11.3. The lowest BCUT2D eigenvalue weighted by molar-refractivity contribution is 0.471. The molecule has 3 heteroatoms. The third-order valence-electron chi connectivity index (χ3n) is 2.41. The largest absolute Gasteiger partial charge is 0.339 e. The highest BCUT2D eigenvalue weighted by atomic mass is 79.9. The van der Waals surface area contributed by atoms with Crippen molar-refractivity contribution in [1.82, 2.24) is 4.57 Å². The van der Waals surface area contributed by atoms with Crippen LogP contribution in [-0.4, -0.2) is 9.90 Å². The standard InChI is InChI=1S/C11H15BrN2/c1-10(4-6-12)5-8-14-7-2-3-11(14)9-13/h2-3,7,10H,4-6,8H2,1H3. The van der Waals surface area contributed by atoms with Gasteiger partial charge in [0.2, 0.25) is 0 Å². The molecule has 0 aromatic carbocycles. The smallest absolute Gasteiger partial charge is 0.120 e. The van der Waals surface area contributed by atoms with Crippen LogP contribution in [0.15, 0.2) is 18.3 Å². The van der Waals surface area contributed by atoms with E-state index < -0.39 is 0 Å². The SMILES string of the molecule is CC(CCBr)CCn1cccc1C#N. The number of aryl methyl sites for hydroxylation is 1. The summed E-state index contributed by atoms with van der Waals surface area (Å²) in [6.45, 7) is 3.20. The molecule has 1 rings (SSSR count). The molecule has 76 valence electrons. The maximum Gasteiger partial charge on any atom is 0.120 e. The van der Waals surface area contributed by atoms with Gasteiger partial charge in [-0.15, -0.1) is 0 Å². The van der Waals surface area contributed by atoms with Crippen LogP contribution in [0.25, 0.3) is 0 Å². The zero-order valence-electron chi connectivity index (χ0n) is 8.41. The Labute approximate surface area is 93.7 Å². The molecule has 0 aliphatic rings. The van der Waals surface area contributed by atoms with Crippen LogP contribution in [0.1, 0.15) is 25.5 Å². The summed E-state index contributed by atoms with van der Waals surface area (Å²) < 4.78 is 2.02. The van der Waals surface area contributed by atoms with Crippen molar-refractivity contribution in [2.24, 2.45) is 5.92 Å². The predicted molar refractivity (Wildman–Crippen MR) is 61.3 cm³/mol. The summed E-state index contributed by atoms with van der Waals surface area (Å²) in [5, 5.41) is 9.86. The van der Waals surface area contributed by atoms with E-state index in [0.29, 0.717) is 5.92 Å². The molecule has 0 amide bonds. The lowest BCUT2D eigenvalue weighted by atomic mass is 10.1. The summed E-state index contributed by atoms with van der Waals surface area (Å²) in [6, 6.07) is 5.97. The second-order valence-electron chi connectivity index (χ2n) is 3.57. The average molecular weight is 255 g/mol. The van der Waals surface area contributed by atoms with Crippen LogP contribution in [0.4, 0.5) is 0 Å². The number of nitriles is 1. The van der Waals surface area contributed by atoms with Gasteiger partial charge in [0.15, 0.2) is 0 Å². The van der Waals surface area contributed by atoms with Crippen molar-refractivity contribution in [2.75, 3.05) is 5.33 Å². The Morgan fingerprint density at radius 2 is 2.36 bits per heavy atom. The van der Waals surface area contributed by atoms with Gasteiger partial charge in [0.1, 0.15) is 11.8 Å². The van der Waals surface area contributed by atoms with Gasteiger partial charge in [-0.05, 0) is 30.9 Å². The minimum Gasteiger partial charge on any atom is -0.339 e. The number of nitrogens with zero attached hydrogens (tertiary/aromatic N) is 2. The summed E-state index contributed by atoms with van der Waals surface area (Å²) in [4.78, 5) is 0. The molecule has 0 radical (unpaired) electrons. The summed E-state index contributed by atoms with van der Waals surface area (Å²) in [5.41, 5.74) is 0.760. The fourth-order valence-electron chi connectivity index (χ4n) is 1.40. The summed E-state index contributed by atoms with van der Waals surface area (Å²) in [5.74, 6) is 0.711. The Morgan fingerprint density at radius 3 is 3.00 bits per heavy atom. The van der Waals surface area contributed by atoms with E-state index in [4.69, 9.17) is 5.26 Å². The molecule has 0 fully saturated rings. The Morgan fingerprint density at radius 1 is 1.57 bits per heavy atom. The van der Waals surface area contributed by atoms with Crippen molar-refractivity contribution in [1.29, 1.82) is 5.26 Å². The second kappa shape index (κ2) is 5.87. The molecular formula is C11H15BrN2. The molecule has 1 aromatic heterocycles. The maximum atomic E-state index is 8.80. The van der Waals surface area contributed by atoms with Crippen LogP contribution in [0.3, 0.4) is 0 Å². The van der Waals surface area contributed by atoms with Gasteiger partial charge in [0, 0.05) is 18.1 Å². The highest BCUT2D eigenvalue weighted by molar-refractivity contribution is 9.09. The van der Waals surface area contributed by atoms with Gasteiger partial charge in [-0.2, -0.15) is 5.26 Å². The molecule has 0 saturated carbocycles. The topological polar surface area (TPSA) is 28.7 Å². The Kier molecular flexibility index (Phi) is 4.75. The van der Waals surface area contributed by atoms with E-state index in [1.165, 1.54) is 6.42 Å². The van der Waals surface area contributed by atoms with Crippen molar-refractivity contribution < 1.29 is 0 Å². The molecule has 0 aliphatic carbocycles. The van der Waals surface area contributed by atoms with Crippen LogP contribution in [0.5, 0.6) is 0 Å². The lowest BCUT2D eigenvalue weighted by Crippen LogP contribution is -2.04. The third kappa shape index (κ3) is 3.19. The third-order valence-corrected chi connectivity index (χ3v) is 2.87. The molecule has 1 atom stereocenters. The first-order valence-corrected chi connectivity index (χ1v) is 6.01. The van der Waals surface area contributed by atoms with Crippen molar-refractivity contribution in [3.63, 3.8) is 0 Å². The number of hydrogen-bond acceptors (Lipinski definition) is 1. The summed E-state index contributed by atoms with van der Waals surface area (Å²) in [6.07, 6.45) is 4.30. The minimum atomic E-state index is 0.711. The van der Waals surface area contributed by atoms with Gasteiger partial charge in [-0.25, -0.2) is 0 Å². The van der Waals surface area contributed by atoms with Gasteiger partial charge < -0.3 is 4.57 Å². The number of rotatable bonds is 5. The molecule has 0 aliphatic heterocycles. The number of aromatic nitrogens is 1. The molecule has 14 heavy (non-hydrogen) atoms. The van der Waals surface area contributed by atoms with E-state index in [9.17, 15) is 0 Å². The first-order valence-electron chi connectivity index (χ1n) is 4.89. The van der Waals surface area contributed by atoms with Gasteiger partial charge in [-0.1, -0.05) is 22.9 Å². The van der Waals surface area contributed by atoms with E-state index in [1.807, 2.05) is 22.9 Å². The van der Waals surface area contributed by atoms with E-state index in [2.05, 4.69) is 28.9 Å². The van der Waals surface area contributed by atoms with Crippen LogP contribution in [0, 0.1) is 17.2 Å². The van der Waals surface area contributed by atoms with E-state index in [-0.39, 0.29) is 0 Å². The molecule has 2 nitrogen and oxygen atoms in total. The number of alkyl halides is 1. The Balaban J connectivity index is 2.42. The minimum absolute atomic E-state index is 0.711. The van der Waals surface area contributed by atoms with Crippen LogP contribution in [0.2, 0.25) is 0 Å². The molecule has 1 unspecified atom stereocenters. The van der Waals surface area contributed by atoms with Crippen molar-refractivity contribution in [3.05, 3.63) is 24.0 Å². The zero-order chi connectivity index (χ0) is 10.4. The normalized spacial score (nSPS) is 12.4. The first-order chi connectivity index (χ1) is 6.77. The molecule has 0 spiro atoms. The average Bonchev–Trinajstić information content (AvgIpc) is 2.62. The predicted octanol–water partition coefficient (Wildman–Crippen LogP) is 3.17. The fraction of sp³-hybridized carbons (Fsp3) is 0.545. The summed E-state index contributed by atoms with van der Waals surface area (Å²) >= 11 is 3.44. The van der Waals surface area contributed by atoms with Gasteiger partial charge in [0.05, 0.1) is 0 Å². The summed E-state index contributed by atoms with van der Waals surface area (Å²) in [7, 11) is 0. The highest BCUT2D eigenvalue weighted by Crippen LogP contribution is 2.12. The molecule has 0 bridgehead atoms. The van der Waals surface area contributed by atoms with Crippen molar-refractivity contribution in [3.8, 4) is 6.07 Å². The monoisotopic (exact) mass is 254 g/mol. The molecule has 1 heterocycles. The second-order valence-corrected chi connectivity index (χ2v) is 4.36. The van der Waals surface area contributed by atoms with Gasteiger partial charge in [-0.3, -0.25) is 0 Å². The highest BCUT2D eigenvalue weighted by Gasteiger charge is 2.03.